The molecule has 0 spiro atoms. The van der Waals surface area contributed by atoms with Crippen LogP contribution in [0, 0.1) is 6.92 Å². The van der Waals surface area contributed by atoms with E-state index in [2.05, 4.69) is 10.6 Å². The topological polar surface area (TPSA) is 113 Å². The van der Waals surface area contributed by atoms with Crippen molar-refractivity contribution in [1.82, 2.24) is 10.6 Å². The predicted octanol–water partition coefficient (Wildman–Crippen LogP) is 1.53. The van der Waals surface area contributed by atoms with E-state index in [0.717, 1.165) is 11.1 Å². The van der Waals surface area contributed by atoms with E-state index in [4.69, 9.17) is 5.73 Å². The number of rotatable bonds is 6. The summed E-state index contributed by atoms with van der Waals surface area (Å²) in [7, 11) is 0. The summed E-state index contributed by atoms with van der Waals surface area (Å²) in [5, 5.41) is 7.62. The summed E-state index contributed by atoms with van der Waals surface area (Å²) < 4.78 is 0. The molecule has 0 atom stereocenters. The third-order valence-corrected chi connectivity index (χ3v) is 3.45. The average molecular weight is 340 g/mol. The molecule has 0 saturated carbocycles. The van der Waals surface area contributed by atoms with Gasteiger partial charge in [0, 0.05) is 12.2 Å². The molecule has 0 aliphatic heterocycles. The third-order valence-electron chi connectivity index (χ3n) is 3.45. The monoisotopic (exact) mass is 340 g/mol. The second kappa shape index (κ2) is 8.49. The molecule has 25 heavy (non-hydrogen) atoms. The highest BCUT2D eigenvalue weighted by Crippen LogP contribution is 2.15. The molecule has 0 aliphatic rings. The van der Waals surface area contributed by atoms with Crippen LogP contribution in [0.15, 0.2) is 48.5 Å². The van der Waals surface area contributed by atoms with Crippen LogP contribution in [0.2, 0.25) is 0 Å². The molecule has 0 saturated heterocycles. The molecule has 4 amide bonds. The van der Waals surface area contributed by atoms with Crippen molar-refractivity contribution in [2.75, 3.05) is 11.9 Å². The highest BCUT2D eigenvalue weighted by Gasteiger charge is 2.12. The zero-order valence-corrected chi connectivity index (χ0v) is 13.8. The Kier molecular flexibility index (Phi) is 6.11. The van der Waals surface area contributed by atoms with Gasteiger partial charge in [0.05, 0.1) is 12.1 Å². The molecular formula is C18H20N4O3. The highest BCUT2D eigenvalue weighted by atomic mass is 16.2. The molecule has 5 N–H and O–H groups in total. The Hall–Kier alpha value is -3.35. The van der Waals surface area contributed by atoms with Gasteiger partial charge in [-0.15, -0.1) is 0 Å². The van der Waals surface area contributed by atoms with Crippen LogP contribution in [0.4, 0.5) is 10.5 Å². The van der Waals surface area contributed by atoms with Crippen molar-refractivity contribution in [1.29, 1.82) is 0 Å². The molecule has 0 fully saturated rings. The Balaban J connectivity index is 1.98. The minimum atomic E-state index is -0.920. The third kappa shape index (κ3) is 5.65. The molecule has 2 aromatic rings. The van der Waals surface area contributed by atoms with Gasteiger partial charge < -0.3 is 16.4 Å². The number of nitrogens with two attached hydrogens (primary N) is 1. The lowest BCUT2D eigenvalue weighted by atomic mass is 10.1. The summed E-state index contributed by atoms with van der Waals surface area (Å²) in [6, 6.07) is 13.7. The Morgan fingerprint density at radius 1 is 1.00 bits per heavy atom. The maximum absolute atomic E-state index is 12.4. The second-order valence-corrected chi connectivity index (χ2v) is 5.48. The number of anilines is 1. The van der Waals surface area contributed by atoms with Gasteiger partial charge in [-0.25, -0.2) is 4.79 Å². The molecule has 0 aromatic heterocycles. The maximum atomic E-state index is 12.4. The van der Waals surface area contributed by atoms with E-state index in [9.17, 15) is 14.4 Å². The van der Waals surface area contributed by atoms with Gasteiger partial charge >= 0.3 is 6.03 Å². The van der Waals surface area contributed by atoms with Gasteiger partial charge in [0.2, 0.25) is 5.91 Å². The molecule has 2 aromatic carbocycles. The summed E-state index contributed by atoms with van der Waals surface area (Å²) >= 11 is 0. The van der Waals surface area contributed by atoms with Crippen LogP contribution in [0.5, 0.6) is 0 Å². The first-order chi connectivity index (χ1) is 12.0. The fourth-order valence-electron chi connectivity index (χ4n) is 2.18. The molecule has 0 bridgehead atoms. The first kappa shape index (κ1) is 18.0. The lowest BCUT2D eigenvalue weighted by molar-refractivity contribution is -0.118. The van der Waals surface area contributed by atoms with Crippen LogP contribution in [0.3, 0.4) is 0 Å². The smallest absolute Gasteiger partial charge is 0.318 e. The number of urea groups is 1. The van der Waals surface area contributed by atoms with Crippen molar-refractivity contribution in [2.45, 2.75) is 13.5 Å². The van der Waals surface area contributed by atoms with E-state index < -0.39 is 11.9 Å². The lowest BCUT2D eigenvalue weighted by Gasteiger charge is -2.12. The Morgan fingerprint density at radius 2 is 1.68 bits per heavy atom. The van der Waals surface area contributed by atoms with Crippen molar-refractivity contribution in [3.63, 3.8) is 0 Å². The van der Waals surface area contributed by atoms with Crippen molar-refractivity contribution in [2.24, 2.45) is 5.73 Å². The lowest BCUT2D eigenvalue weighted by Crippen LogP contribution is -2.38. The number of primary amides is 1. The van der Waals surface area contributed by atoms with E-state index in [-0.39, 0.29) is 12.5 Å². The molecule has 0 heterocycles. The Labute approximate surface area is 145 Å². The number of aryl methyl sites for hydroxylation is 1. The number of para-hydroxylation sites is 1. The summed E-state index contributed by atoms with van der Waals surface area (Å²) in [4.78, 5) is 34.5. The normalized spacial score (nSPS) is 9.96. The first-order valence-electron chi connectivity index (χ1n) is 7.71. The van der Waals surface area contributed by atoms with Crippen molar-refractivity contribution < 1.29 is 14.4 Å². The zero-order chi connectivity index (χ0) is 18.2. The Morgan fingerprint density at radius 3 is 2.36 bits per heavy atom. The molecule has 0 radical (unpaired) electrons. The van der Waals surface area contributed by atoms with Gasteiger partial charge in [-0.1, -0.05) is 42.0 Å². The molecule has 0 unspecified atom stereocenters. The molecule has 0 aliphatic carbocycles. The van der Waals surface area contributed by atoms with E-state index in [0.29, 0.717) is 17.8 Å². The number of imide groups is 1. The number of carbonyl (C=O) groups is 3. The van der Waals surface area contributed by atoms with Gasteiger partial charge in [0.15, 0.2) is 0 Å². The number of benzene rings is 2. The quantitative estimate of drug-likeness (QED) is 0.638. The summed E-state index contributed by atoms with van der Waals surface area (Å²) in [6.45, 7) is 2.22. The molecular weight excluding hydrogens is 320 g/mol. The Bertz CT molecular complexity index is 772. The van der Waals surface area contributed by atoms with E-state index in [1.807, 2.05) is 36.5 Å². The second-order valence-electron chi connectivity index (χ2n) is 5.48. The van der Waals surface area contributed by atoms with Crippen molar-refractivity contribution >= 4 is 23.5 Å². The molecule has 130 valence electrons. The SMILES string of the molecule is Cc1ccc(CNC(=O)c2ccccc2NCC(=O)NC(N)=O)cc1. The van der Waals surface area contributed by atoms with Gasteiger partial charge in [-0.2, -0.15) is 0 Å². The van der Waals surface area contributed by atoms with Crippen molar-refractivity contribution in [3.8, 4) is 0 Å². The minimum absolute atomic E-state index is 0.175. The van der Waals surface area contributed by atoms with Crippen LogP contribution in [0.1, 0.15) is 21.5 Å². The zero-order valence-electron chi connectivity index (χ0n) is 13.8. The standard InChI is InChI=1S/C18H20N4O3/c1-12-6-8-13(9-7-12)10-21-17(24)14-4-2-3-5-15(14)20-11-16(23)22-18(19)25/h2-9,20H,10-11H2,1H3,(H,21,24)(H3,19,22,23,25). The van der Waals surface area contributed by atoms with Gasteiger partial charge in [0.1, 0.15) is 0 Å². The maximum Gasteiger partial charge on any atom is 0.318 e. The van der Waals surface area contributed by atoms with E-state index in [1.165, 1.54) is 0 Å². The summed E-state index contributed by atoms with van der Waals surface area (Å²) in [5.41, 5.74) is 7.92. The van der Waals surface area contributed by atoms with Gasteiger partial charge in [-0.05, 0) is 24.6 Å². The van der Waals surface area contributed by atoms with Crippen LogP contribution in [0.25, 0.3) is 0 Å². The van der Waals surface area contributed by atoms with Gasteiger partial charge in [0.25, 0.3) is 5.91 Å². The molecule has 7 heteroatoms. The van der Waals surface area contributed by atoms with Gasteiger partial charge in [-0.3, -0.25) is 14.9 Å². The van der Waals surface area contributed by atoms with Crippen LogP contribution in [-0.4, -0.2) is 24.4 Å². The number of nitrogens with one attached hydrogen (secondary N) is 3. The summed E-state index contributed by atoms with van der Waals surface area (Å²) in [5.74, 6) is -0.846. The van der Waals surface area contributed by atoms with E-state index >= 15 is 0 Å². The summed E-state index contributed by atoms with van der Waals surface area (Å²) in [6.07, 6.45) is 0. The number of hydrogen-bond donors (Lipinski definition) is 4. The fourth-order valence-corrected chi connectivity index (χ4v) is 2.18. The van der Waals surface area contributed by atoms with Crippen LogP contribution in [-0.2, 0) is 11.3 Å². The predicted molar refractivity (Wildman–Crippen MR) is 95.0 cm³/mol. The number of carbonyl (C=O) groups excluding carboxylic acids is 3. The van der Waals surface area contributed by atoms with Crippen LogP contribution >= 0.6 is 0 Å². The van der Waals surface area contributed by atoms with Crippen molar-refractivity contribution in [3.05, 3.63) is 65.2 Å². The fraction of sp³-hybridized carbons (Fsp3) is 0.167. The largest absolute Gasteiger partial charge is 0.375 e. The number of amides is 4. The number of hydrogen-bond acceptors (Lipinski definition) is 4. The highest BCUT2D eigenvalue weighted by molar-refractivity contribution is 6.00. The molecule has 7 nitrogen and oxygen atoms in total. The van der Waals surface area contributed by atoms with Crippen LogP contribution < -0.4 is 21.7 Å². The average Bonchev–Trinajstić information content (AvgIpc) is 2.59. The van der Waals surface area contributed by atoms with E-state index in [1.54, 1.807) is 24.3 Å². The first-order valence-corrected chi connectivity index (χ1v) is 7.71. The minimum Gasteiger partial charge on any atom is -0.375 e. The molecule has 2 rings (SSSR count).